The van der Waals surface area contributed by atoms with Crippen molar-refractivity contribution in [2.45, 2.75) is 40.0 Å². The van der Waals surface area contributed by atoms with Crippen molar-refractivity contribution in [3.8, 4) is 5.69 Å². The highest BCUT2D eigenvalue weighted by molar-refractivity contribution is 5.99. The minimum atomic E-state index is -0.457. The molecule has 0 unspecified atom stereocenters. The Bertz CT molecular complexity index is 1390. The van der Waals surface area contributed by atoms with Crippen molar-refractivity contribution in [1.82, 2.24) is 14.8 Å². The van der Waals surface area contributed by atoms with Crippen molar-refractivity contribution >= 4 is 22.3 Å². The summed E-state index contributed by atoms with van der Waals surface area (Å²) in [6.07, 6.45) is 4.37. The Balaban J connectivity index is 1.61. The summed E-state index contributed by atoms with van der Waals surface area (Å²) in [5.41, 5.74) is 5.96. The van der Waals surface area contributed by atoms with E-state index in [-0.39, 0.29) is 11.2 Å². The lowest BCUT2D eigenvalue weighted by Gasteiger charge is -2.02. The van der Waals surface area contributed by atoms with Gasteiger partial charge in [-0.3, -0.25) is 25.0 Å². The quantitative estimate of drug-likeness (QED) is 0.229. The van der Waals surface area contributed by atoms with Crippen LogP contribution in [0.3, 0.4) is 0 Å². The third kappa shape index (κ3) is 4.50. The van der Waals surface area contributed by atoms with Gasteiger partial charge in [0.1, 0.15) is 0 Å². The van der Waals surface area contributed by atoms with Crippen molar-refractivity contribution in [2.24, 2.45) is 4.99 Å². The smallest absolute Gasteiger partial charge is 0.280 e. The standard InChI is InChI=1S/C25H27N5O3/c1-4-5-23-24(25(31)29(28-23)19-7-9-20(10-8-19)30(32)33)17(3)26-13-12-18-15-27-22-11-6-16(2)14-21(18)22/h6-11,14-15,27-28H,4-5,12-13H2,1-3H3. The maximum atomic E-state index is 13.2. The van der Waals surface area contributed by atoms with Crippen LogP contribution in [-0.4, -0.2) is 31.9 Å². The SMILES string of the molecule is CCCc1[nH]n(-c2ccc([N+](=O)[O-])cc2)c(=O)c1C(C)=NCCc1c[nH]c2ccc(C)cc12. The van der Waals surface area contributed by atoms with E-state index >= 15 is 0 Å². The van der Waals surface area contributed by atoms with E-state index in [0.29, 0.717) is 29.9 Å². The second-order valence-corrected chi connectivity index (χ2v) is 8.21. The highest BCUT2D eigenvalue weighted by atomic mass is 16.6. The number of nitrogens with zero attached hydrogens (tertiary/aromatic N) is 3. The van der Waals surface area contributed by atoms with E-state index in [4.69, 9.17) is 4.99 Å². The van der Waals surface area contributed by atoms with Gasteiger partial charge in [0.05, 0.1) is 16.2 Å². The van der Waals surface area contributed by atoms with E-state index in [1.165, 1.54) is 33.3 Å². The first-order valence-electron chi connectivity index (χ1n) is 11.1. The normalized spacial score (nSPS) is 11.9. The van der Waals surface area contributed by atoms with Crippen LogP contribution in [0, 0.1) is 17.0 Å². The van der Waals surface area contributed by atoms with Gasteiger partial charge in [-0.05, 0) is 56.5 Å². The monoisotopic (exact) mass is 445 g/mol. The molecule has 2 N–H and O–H groups in total. The summed E-state index contributed by atoms with van der Waals surface area (Å²) in [5, 5.41) is 15.3. The summed E-state index contributed by atoms with van der Waals surface area (Å²) < 4.78 is 1.44. The molecule has 2 aromatic heterocycles. The Labute approximate surface area is 191 Å². The summed E-state index contributed by atoms with van der Waals surface area (Å²) >= 11 is 0. The number of nitro benzene ring substituents is 1. The second kappa shape index (κ2) is 9.28. The molecule has 33 heavy (non-hydrogen) atoms. The van der Waals surface area contributed by atoms with Crippen LogP contribution in [0.1, 0.15) is 42.7 Å². The number of aromatic amines is 2. The molecule has 0 radical (unpaired) electrons. The van der Waals surface area contributed by atoms with Gasteiger partial charge in [-0.25, -0.2) is 4.68 Å². The number of aliphatic imine (C=N–C) groups is 1. The number of non-ortho nitro benzene ring substituents is 1. The third-order valence-electron chi connectivity index (χ3n) is 5.80. The van der Waals surface area contributed by atoms with Crippen molar-refractivity contribution in [1.29, 1.82) is 0 Å². The molecule has 0 fully saturated rings. The number of aryl methyl sites for hydroxylation is 2. The van der Waals surface area contributed by atoms with E-state index in [1.54, 1.807) is 12.1 Å². The number of nitrogens with one attached hydrogen (secondary N) is 2. The molecular weight excluding hydrogens is 418 g/mol. The average molecular weight is 446 g/mol. The number of fused-ring (bicyclic) bond motifs is 1. The molecule has 0 aliphatic rings. The van der Waals surface area contributed by atoms with Gasteiger partial charge in [-0.1, -0.05) is 25.0 Å². The Hall–Kier alpha value is -3.94. The van der Waals surface area contributed by atoms with E-state index < -0.39 is 4.92 Å². The van der Waals surface area contributed by atoms with Crippen LogP contribution in [0.25, 0.3) is 16.6 Å². The van der Waals surface area contributed by atoms with E-state index in [0.717, 1.165) is 24.1 Å². The van der Waals surface area contributed by atoms with E-state index in [2.05, 4.69) is 42.1 Å². The molecule has 0 aliphatic carbocycles. The molecule has 4 rings (SSSR count). The fourth-order valence-electron chi connectivity index (χ4n) is 4.11. The highest BCUT2D eigenvalue weighted by Crippen LogP contribution is 2.20. The molecule has 0 atom stereocenters. The molecule has 0 saturated heterocycles. The lowest BCUT2D eigenvalue weighted by molar-refractivity contribution is -0.384. The summed E-state index contributed by atoms with van der Waals surface area (Å²) in [7, 11) is 0. The van der Waals surface area contributed by atoms with Gasteiger partial charge in [0, 0.05) is 47.2 Å². The first kappa shape index (κ1) is 22.3. The average Bonchev–Trinajstić information content (AvgIpc) is 3.34. The molecule has 4 aromatic rings. The molecule has 0 spiro atoms. The molecule has 8 nitrogen and oxygen atoms in total. The van der Waals surface area contributed by atoms with Crippen LogP contribution >= 0.6 is 0 Å². The summed E-state index contributed by atoms with van der Waals surface area (Å²) in [4.78, 5) is 31.7. The molecule has 2 aromatic carbocycles. The number of aromatic nitrogens is 3. The minimum Gasteiger partial charge on any atom is -0.361 e. The van der Waals surface area contributed by atoms with Crippen molar-refractivity contribution < 1.29 is 4.92 Å². The van der Waals surface area contributed by atoms with Crippen molar-refractivity contribution in [3.63, 3.8) is 0 Å². The molecule has 8 heteroatoms. The molecule has 170 valence electrons. The predicted molar refractivity (Wildman–Crippen MR) is 131 cm³/mol. The molecule has 2 heterocycles. The number of H-pyrrole nitrogens is 2. The number of hydrogen-bond donors (Lipinski definition) is 2. The Kier molecular flexibility index (Phi) is 6.26. The van der Waals surface area contributed by atoms with Crippen LogP contribution in [0.4, 0.5) is 5.69 Å². The van der Waals surface area contributed by atoms with Crippen LogP contribution in [0.15, 0.2) is 58.4 Å². The number of rotatable bonds is 8. The maximum Gasteiger partial charge on any atom is 0.280 e. The fraction of sp³-hybridized carbons (Fsp3) is 0.280. The molecule has 0 aliphatic heterocycles. The first-order chi connectivity index (χ1) is 15.9. The van der Waals surface area contributed by atoms with Gasteiger partial charge >= 0.3 is 0 Å². The lowest BCUT2D eigenvalue weighted by atomic mass is 10.1. The molecule has 0 saturated carbocycles. The fourth-order valence-corrected chi connectivity index (χ4v) is 4.11. The number of nitro groups is 1. The van der Waals surface area contributed by atoms with Gasteiger partial charge in [0.2, 0.25) is 0 Å². The van der Waals surface area contributed by atoms with Crippen LogP contribution in [0.5, 0.6) is 0 Å². The van der Waals surface area contributed by atoms with Gasteiger partial charge in [0.25, 0.3) is 11.2 Å². The molecule has 0 amide bonds. The largest absolute Gasteiger partial charge is 0.361 e. The maximum absolute atomic E-state index is 13.2. The van der Waals surface area contributed by atoms with E-state index in [1.807, 2.05) is 13.1 Å². The third-order valence-corrected chi connectivity index (χ3v) is 5.80. The summed E-state index contributed by atoms with van der Waals surface area (Å²) in [6, 6.07) is 12.3. The van der Waals surface area contributed by atoms with Crippen molar-refractivity contribution in [2.75, 3.05) is 6.54 Å². The molecule has 0 bridgehead atoms. The van der Waals surface area contributed by atoms with Gasteiger partial charge in [-0.2, -0.15) is 0 Å². The highest BCUT2D eigenvalue weighted by Gasteiger charge is 2.18. The zero-order valence-corrected chi connectivity index (χ0v) is 19.0. The zero-order valence-electron chi connectivity index (χ0n) is 19.0. The van der Waals surface area contributed by atoms with Crippen LogP contribution in [0.2, 0.25) is 0 Å². The van der Waals surface area contributed by atoms with Crippen LogP contribution in [-0.2, 0) is 12.8 Å². The van der Waals surface area contributed by atoms with Crippen molar-refractivity contribution in [3.05, 3.63) is 91.5 Å². The zero-order chi connectivity index (χ0) is 23.5. The minimum absolute atomic E-state index is 0.0161. The van der Waals surface area contributed by atoms with Crippen LogP contribution < -0.4 is 5.56 Å². The van der Waals surface area contributed by atoms with E-state index in [9.17, 15) is 14.9 Å². The number of hydrogen-bond acceptors (Lipinski definition) is 4. The topological polar surface area (TPSA) is 109 Å². The Morgan fingerprint density at radius 3 is 2.61 bits per heavy atom. The van der Waals surface area contributed by atoms with Gasteiger partial charge in [0.15, 0.2) is 0 Å². The second-order valence-electron chi connectivity index (χ2n) is 8.21. The Morgan fingerprint density at radius 2 is 1.91 bits per heavy atom. The van der Waals surface area contributed by atoms with Gasteiger partial charge in [-0.15, -0.1) is 0 Å². The lowest BCUT2D eigenvalue weighted by Crippen LogP contribution is -2.20. The Morgan fingerprint density at radius 1 is 1.15 bits per heavy atom. The first-order valence-corrected chi connectivity index (χ1v) is 11.1. The summed E-state index contributed by atoms with van der Waals surface area (Å²) in [6.45, 7) is 6.57. The van der Waals surface area contributed by atoms with Gasteiger partial charge < -0.3 is 4.98 Å². The predicted octanol–water partition coefficient (Wildman–Crippen LogP) is 4.87. The summed E-state index contributed by atoms with van der Waals surface area (Å²) in [5.74, 6) is 0. The number of benzene rings is 2. The molecular formula is C25H27N5O3.